The van der Waals surface area contributed by atoms with Crippen molar-refractivity contribution in [3.8, 4) is 5.75 Å². The Morgan fingerprint density at radius 3 is 2.91 bits per heavy atom. The number of hydrogen-bond acceptors (Lipinski definition) is 3. The number of aromatic amines is 1. The zero-order chi connectivity index (χ0) is 15.5. The maximum atomic E-state index is 13.9. The van der Waals surface area contributed by atoms with E-state index in [-0.39, 0.29) is 16.8 Å². The van der Waals surface area contributed by atoms with Crippen molar-refractivity contribution in [2.24, 2.45) is 5.41 Å². The van der Waals surface area contributed by atoms with Gasteiger partial charge in [0.1, 0.15) is 17.3 Å². The number of β-amino-alcohol motifs (C(OH)–C–C–N with tert-alkyl or cyclic N) is 1. The van der Waals surface area contributed by atoms with Crippen LogP contribution in [0.15, 0.2) is 18.2 Å². The van der Waals surface area contributed by atoms with Crippen LogP contribution in [0.2, 0.25) is 0 Å². The lowest BCUT2D eigenvalue weighted by atomic mass is 10.0. The average Bonchev–Trinajstić information content (AvgIpc) is 3.02. The Hall–Kier alpha value is -2.08. The van der Waals surface area contributed by atoms with Gasteiger partial charge in [-0.05, 0) is 31.0 Å². The molecule has 0 radical (unpaired) electrons. The van der Waals surface area contributed by atoms with Crippen molar-refractivity contribution >= 4 is 16.8 Å². The fraction of sp³-hybridized carbons (Fsp3) is 0.438. The standard InChI is InChI=1S/C16H17FN2O3/c1-22-12-3-2-10(17)14-9(12)6-11(18-14)15(21)19-7-13(20)16(8-19)4-5-16/h2-3,6,13,18,20H,4-5,7-8H2,1H3. The largest absolute Gasteiger partial charge is 0.496 e. The number of ether oxygens (including phenoxy) is 1. The summed E-state index contributed by atoms with van der Waals surface area (Å²) in [6.45, 7) is 0.912. The van der Waals surface area contributed by atoms with E-state index in [1.165, 1.54) is 13.2 Å². The van der Waals surface area contributed by atoms with Crippen LogP contribution in [0.1, 0.15) is 23.3 Å². The van der Waals surface area contributed by atoms with Gasteiger partial charge in [0.05, 0.1) is 18.7 Å². The molecular formula is C16H17FN2O3. The van der Waals surface area contributed by atoms with E-state index in [1.807, 2.05) is 0 Å². The maximum Gasteiger partial charge on any atom is 0.270 e. The molecule has 2 N–H and O–H groups in total. The van der Waals surface area contributed by atoms with Gasteiger partial charge in [-0.25, -0.2) is 4.39 Å². The van der Waals surface area contributed by atoms with Crippen LogP contribution in [0.4, 0.5) is 4.39 Å². The number of carbonyl (C=O) groups is 1. The molecule has 1 aliphatic carbocycles. The fourth-order valence-corrected chi connectivity index (χ4v) is 3.38. The van der Waals surface area contributed by atoms with Gasteiger partial charge >= 0.3 is 0 Å². The minimum atomic E-state index is -0.452. The van der Waals surface area contributed by atoms with Crippen molar-refractivity contribution in [1.29, 1.82) is 0 Å². The number of halogens is 1. The number of rotatable bonds is 2. The number of aromatic nitrogens is 1. The van der Waals surface area contributed by atoms with Crippen molar-refractivity contribution in [2.75, 3.05) is 20.2 Å². The third-order valence-corrected chi connectivity index (χ3v) is 4.94. The molecule has 0 bridgehead atoms. The molecule has 1 aromatic carbocycles. The van der Waals surface area contributed by atoms with E-state index in [9.17, 15) is 14.3 Å². The van der Waals surface area contributed by atoms with Gasteiger partial charge in [-0.15, -0.1) is 0 Å². The number of benzene rings is 1. The monoisotopic (exact) mass is 304 g/mol. The third-order valence-electron chi connectivity index (χ3n) is 4.94. The molecule has 116 valence electrons. The highest BCUT2D eigenvalue weighted by atomic mass is 19.1. The third kappa shape index (κ3) is 1.83. The number of carbonyl (C=O) groups excluding carboxylic acids is 1. The van der Waals surface area contributed by atoms with Crippen molar-refractivity contribution in [3.05, 3.63) is 29.7 Å². The molecule has 2 aliphatic rings. The molecule has 1 atom stereocenters. The Balaban J connectivity index is 1.69. The molecule has 5 nitrogen and oxygen atoms in total. The van der Waals surface area contributed by atoms with Crippen LogP contribution in [0, 0.1) is 11.2 Å². The molecule has 1 unspecified atom stereocenters. The first kappa shape index (κ1) is 13.6. The molecule has 1 aliphatic heterocycles. The number of nitrogens with one attached hydrogen (secondary N) is 1. The van der Waals surface area contributed by atoms with Crippen LogP contribution in [-0.2, 0) is 0 Å². The van der Waals surface area contributed by atoms with Gasteiger partial charge in [0, 0.05) is 23.9 Å². The number of methoxy groups -OCH3 is 1. The Morgan fingerprint density at radius 1 is 1.50 bits per heavy atom. The molecule has 1 aromatic heterocycles. The maximum absolute atomic E-state index is 13.9. The first-order valence-electron chi connectivity index (χ1n) is 7.37. The molecule has 1 saturated carbocycles. The van der Waals surface area contributed by atoms with Crippen molar-refractivity contribution in [2.45, 2.75) is 18.9 Å². The van der Waals surface area contributed by atoms with E-state index in [4.69, 9.17) is 4.74 Å². The van der Waals surface area contributed by atoms with E-state index >= 15 is 0 Å². The molecule has 1 spiro atoms. The Labute approximate surface area is 126 Å². The molecule has 22 heavy (non-hydrogen) atoms. The summed E-state index contributed by atoms with van der Waals surface area (Å²) in [4.78, 5) is 17.1. The summed E-state index contributed by atoms with van der Waals surface area (Å²) < 4.78 is 19.1. The van der Waals surface area contributed by atoms with E-state index in [2.05, 4.69) is 4.98 Å². The van der Waals surface area contributed by atoms with E-state index in [0.717, 1.165) is 12.8 Å². The number of likely N-dealkylation sites (tertiary alicyclic amines) is 1. The average molecular weight is 304 g/mol. The summed E-state index contributed by atoms with van der Waals surface area (Å²) in [5, 5.41) is 10.6. The summed E-state index contributed by atoms with van der Waals surface area (Å²) >= 11 is 0. The number of aliphatic hydroxyl groups is 1. The van der Waals surface area contributed by atoms with E-state index < -0.39 is 11.9 Å². The van der Waals surface area contributed by atoms with Crippen LogP contribution in [0.5, 0.6) is 5.75 Å². The zero-order valence-corrected chi connectivity index (χ0v) is 12.2. The van der Waals surface area contributed by atoms with Gasteiger partial charge in [-0.1, -0.05) is 0 Å². The topological polar surface area (TPSA) is 65.6 Å². The van der Waals surface area contributed by atoms with Crippen LogP contribution in [-0.4, -0.2) is 47.2 Å². The summed E-state index contributed by atoms with van der Waals surface area (Å²) in [5.41, 5.74) is 0.497. The van der Waals surface area contributed by atoms with Gasteiger partial charge in [0.15, 0.2) is 0 Å². The van der Waals surface area contributed by atoms with Gasteiger partial charge in [0.2, 0.25) is 0 Å². The lowest BCUT2D eigenvalue weighted by Gasteiger charge is -2.14. The number of fused-ring (bicyclic) bond motifs is 1. The lowest BCUT2D eigenvalue weighted by molar-refractivity contribution is 0.0759. The summed E-state index contributed by atoms with van der Waals surface area (Å²) in [6.07, 6.45) is 1.48. The predicted octanol–water partition coefficient (Wildman–Crippen LogP) is 1.91. The van der Waals surface area contributed by atoms with Crippen LogP contribution in [0.3, 0.4) is 0 Å². The summed E-state index contributed by atoms with van der Waals surface area (Å²) in [6, 6.07) is 4.47. The fourth-order valence-electron chi connectivity index (χ4n) is 3.38. The van der Waals surface area contributed by atoms with Crippen LogP contribution < -0.4 is 4.74 Å². The van der Waals surface area contributed by atoms with Crippen LogP contribution in [0.25, 0.3) is 10.9 Å². The predicted molar refractivity (Wildman–Crippen MR) is 78.4 cm³/mol. The Kier molecular flexibility index (Phi) is 2.75. The van der Waals surface area contributed by atoms with Gasteiger partial charge in [-0.3, -0.25) is 4.79 Å². The zero-order valence-electron chi connectivity index (χ0n) is 12.2. The Bertz CT molecular complexity index is 766. The minimum Gasteiger partial charge on any atom is -0.496 e. The Morgan fingerprint density at radius 2 is 2.27 bits per heavy atom. The molecule has 2 fully saturated rings. The number of H-pyrrole nitrogens is 1. The second-order valence-electron chi connectivity index (χ2n) is 6.29. The van der Waals surface area contributed by atoms with Gasteiger partial charge in [-0.2, -0.15) is 0 Å². The van der Waals surface area contributed by atoms with E-state index in [0.29, 0.717) is 29.9 Å². The highest BCUT2D eigenvalue weighted by molar-refractivity contribution is 6.00. The number of amides is 1. The molecule has 4 rings (SSSR count). The van der Waals surface area contributed by atoms with Gasteiger partial charge in [0.25, 0.3) is 5.91 Å². The smallest absolute Gasteiger partial charge is 0.270 e. The molecular weight excluding hydrogens is 287 g/mol. The van der Waals surface area contributed by atoms with Crippen LogP contribution >= 0.6 is 0 Å². The number of hydrogen-bond donors (Lipinski definition) is 2. The highest BCUT2D eigenvalue weighted by Crippen LogP contribution is 2.52. The molecule has 6 heteroatoms. The number of nitrogens with zero attached hydrogens (tertiary/aromatic N) is 1. The number of aliphatic hydroxyl groups excluding tert-OH is 1. The second-order valence-corrected chi connectivity index (χ2v) is 6.29. The second kappa shape index (κ2) is 4.46. The van der Waals surface area contributed by atoms with Gasteiger partial charge < -0.3 is 19.7 Å². The van der Waals surface area contributed by atoms with E-state index in [1.54, 1.807) is 17.0 Å². The highest BCUT2D eigenvalue weighted by Gasteiger charge is 2.55. The summed E-state index contributed by atoms with van der Waals surface area (Å²) in [5.74, 6) is -0.109. The van der Waals surface area contributed by atoms with Crippen molar-refractivity contribution in [3.63, 3.8) is 0 Å². The van der Waals surface area contributed by atoms with Crippen molar-refractivity contribution < 1.29 is 19.0 Å². The van der Waals surface area contributed by atoms with Crippen molar-refractivity contribution in [1.82, 2.24) is 9.88 Å². The SMILES string of the molecule is COc1ccc(F)c2[nH]c(C(=O)N3CC(O)C4(CC4)C3)cc12. The minimum absolute atomic E-state index is 0.0926. The molecule has 1 saturated heterocycles. The summed E-state index contributed by atoms with van der Waals surface area (Å²) in [7, 11) is 1.51. The lowest BCUT2D eigenvalue weighted by Crippen LogP contribution is -2.29. The molecule has 2 heterocycles. The quantitative estimate of drug-likeness (QED) is 0.891. The molecule has 1 amide bonds. The first-order chi connectivity index (χ1) is 10.5. The molecule has 2 aromatic rings. The first-order valence-corrected chi connectivity index (χ1v) is 7.37. The normalized spacial score (nSPS) is 22.5.